The maximum Gasteiger partial charge on any atom is 0.251 e. The van der Waals surface area contributed by atoms with Crippen molar-refractivity contribution in [3.05, 3.63) is 69.2 Å². The fourth-order valence-corrected chi connectivity index (χ4v) is 5.09. The molecule has 29 heavy (non-hydrogen) atoms. The molecule has 0 spiro atoms. The lowest BCUT2D eigenvalue weighted by Crippen LogP contribution is -2.26. The van der Waals surface area contributed by atoms with Crippen molar-refractivity contribution in [3.63, 3.8) is 0 Å². The third-order valence-electron chi connectivity index (χ3n) is 5.16. The topological polar surface area (TPSA) is 32.3 Å². The van der Waals surface area contributed by atoms with Crippen LogP contribution in [0.2, 0.25) is 10.0 Å². The quantitative estimate of drug-likeness (QED) is 0.497. The van der Waals surface area contributed by atoms with Gasteiger partial charge in [0.05, 0.1) is 0 Å². The number of carbonyl (C=O) groups excluding carboxylic acids is 1. The van der Waals surface area contributed by atoms with Crippen LogP contribution in [0.4, 0.5) is 0 Å². The zero-order valence-corrected chi connectivity index (χ0v) is 19.0. The fraction of sp³-hybridized carbons (Fsp3) is 0.435. The summed E-state index contributed by atoms with van der Waals surface area (Å²) < 4.78 is 0. The summed E-state index contributed by atoms with van der Waals surface area (Å²) in [6, 6.07) is 13.6. The number of hydrogen-bond donors (Lipinski definition) is 1. The maximum atomic E-state index is 12.4. The van der Waals surface area contributed by atoms with Gasteiger partial charge in [-0.25, -0.2) is 0 Å². The first-order valence-corrected chi connectivity index (χ1v) is 12.1. The normalized spacial score (nSPS) is 15.1. The highest BCUT2D eigenvalue weighted by Gasteiger charge is 2.11. The number of nitrogens with zero attached hydrogens (tertiary/aromatic N) is 1. The van der Waals surface area contributed by atoms with Gasteiger partial charge in [-0.2, -0.15) is 11.8 Å². The summed E-state index contributed by atoms with van der Waals surface area (Å²) in [5, 5.41) is 4.37. The van der Waals surface area contributed by atoms with Gasteiger partial charge in [0, 0.05) is 40.2 Å². The van der Waals surface area contributed by atoms with E-state index in [1.54, 1.807) is 11.8 Å². The van der Waals surface area contributed by atoms with Gasteiger partial charge in [-0.15, -0.1) is 0 Å². The summed E-state index contributed by atoms with van der Waals surface area (Å²) in [4.78, 5) is 14.9. The Labute approximate surface area is 188 Å². The van der Waals surface area contributed by atoms with Crippen LogP contribution >= 0.6 is 35.0 Å². The second kappa shape index (κ2) is 11.8. The molecule has 0 aromatic heterocycles. The lowest BCUT2D eigenvalue weighted by atomic mass is 10.1. The summed E-state index contributed by atoms with van der Waals surface area (Å²) in [7, 11) is 0. The van der Waals surface area contributed by atoms with Crippen LogP contribution in [-0.4, -0.2) is 36.2 Å². The lowest BCUT2D eigenvalue weighted by molar-refractivity contribution is 0.0956. The van der Waals surface area contributed by atoms with Crippen molar-refractivity contribution < 1.29 is 4.79 Å². The molecule has 1 saturated heterocycles. The first-order chi connectivity index (χ1) is 14.1. The fourth-order valence-electron chi connectivity index (χ4n) is 3.50. The van der Waals surface area contributed by atoms with Gasteiger partial charge < -0.3 is 5.32 Å². The molecule has 1 N–H and O–H groups in total. The second-order valence-corrected chi connectivity index (χ2v) is 9.32. The highest BCUT2D eigenvalue weighted by atomic mass is 35.5. The summed E-state index contributed by atoms with van der Waals surface area (Å²) in [5.74, 6) is 1.52. The molecule has 156 valence electrons. The maximum absolute atomic E-state index is 12.4. The Balaban J connectivity index is 1.39. The lowest BCUT2D eigenvalue weighted by Gasteiger charge is -2.19. The monoisotopic (exact) mass is 450 g/mol. The van der Waals surface area contributed by atoms with Gasteiger partial charge >= 0.3 is 0 Å². The summed E-state index contributed by atoms with van der Waals surface area (Å²) in [6.45, 7) is 3.95. The number of hydrogen-bond acceptors (Lipinski definition) is 3. The Morgan fingerprint density at radius 3 is 2.28 bits per heavy atom. The molecule has 0 aliphatic carbocycles. The van der Waals surface area contributed by atoms with E-state index in [0.717, 1.165) is 23.6 Å². The molecule has 1 fully saturated rings. The Morgan fingerprint density at radius 2 is 1.62 bits per heavy atom. The van der Waals surface area contributed by atoms with Crippen molar-refractivity contribution in [1.82, 2.24) is 10.2 Å². The number of carbonyl (C=O) groups is 1. The Hall–Kier alpha value is -1.20. The van der Waals surface area contributed by atoms with E-state index < -0.39 is 0 Å². The number of likely N-dealkylation sites (tertiary alicyclic amines) is 1. The van der Waals surface area contributed by atoms with Gasteiger partial charge in [0.15, 0.2) is 0 Å². The molecule has 3 nitrogen and oxygen atoms in total. The Kier molecular flexibility index (Phi) is 9.19. The van der Waals surface area contributed by atoms with Gasteiger partial charge in [0.25, 0.3) is 5.91 Å². The Bertz CT molecular complexity index is 770. The molecular formula is C23H28Cl2N2OS. The first kappa shape index (κ1) is 22.5. The minimum atomic E-state index is -0.0253. The predicted octanol–water partition coefficient (Wildman–Crippen LogP) is 6.03. The molecule has 0 radical (unpaired) electrons. The van der Waals surface area contributed by atoms with E-state index in [0.29, 0.717) is 22.2 Å². The van der Waals surface area contributed by atoms with E-state index in [4.69, 9.17) is 23.2 Å². The molecule has 0 unspecified atom stereocenters. The van der Waals surface area contributed by atoms with Crippen molar-refractivity contribution in [2.45, 2.75) is 38.0 Å². The molecule has 0 atom stereocenters. The minimum Gasteiger partial charge on any atom is -0.351 e. The number of amides is 1. The number of benzene rings is 2. The number of halogens is 2. The van der Waals surface area contributed by atoms with Gasteiger partial charge in [-0.05, 0) is 61.3 Å². The van der Waals surface area contributed by atoms with Crippen LogP contribution in [0.15, 0.2) is 42.5 Å². The molecule has 0 saturated carbocycles. The van der Waals surface area contributed by atoms with E-state index >= 15 is 0 Å². The smallest absolute Gasteiger partial charge is 0.251 e. The molecule has 2 aromatic rings. The van der Waals surface area contributed by atoms with Crippen LogP contribution < -0.4 is 5.32 Å². The second-order valence-electron chi connectivity index (χ2n) is 7.40. The van der Waals surface area contributed by atoms with Crippen LogP contribution in [0.25, 0.3) is 0 Å². The summed E-state index contributed by atoms with van der Waals surface area (Å²) >= 11 is 14.1. The minimum absolute atomic E-state index is 0.0253. The third-order valence-corrected chi connectivity index (χ3v) is 6.85. The number of nitrogens with one attached hydrogen (secondary N) is 1. The van der Waals surface area contributed by atoms with E-state index in [2.05, 4.69) is 22.3 Å². The van der Waals surface area contributed by atoms with Crippen molar-refractivity contribution in [2.75, 3.05) is 25.4 Å². The molecule has 6 heteroatoms. The zero-order valence-electron chi connectivity index (χ0n) is 16.6. The number of rotatable bonds is 8. The van der Waals surface area contributed by atoms with Crippen molar-refractivity contribution in [2.24, 2.45) is 0 Å². The average Bonchev–Trinajstić information content (AvgIpc) is 2.99. The molecule has 1 aliphatic heterocycles. The van der Waals surface area contributed by atoms with Crippen LogP contribution in [0.3, 0.4) is 0 Å². The molecule has 0 bridgehead atoms. The predicted molar refractivity (Wildman–Crippen MR) is 125 cm³/mol. The van der Waals surface area contributed by atoms with Crippen molar-refractivity contribution >= 4 is 40.9 Å². The van der Waals surface area contributed by atoms with Crippen LogP contribution in [0, 0.1) is 0 Å². The molecule has 1 heterocycles. The van der Waals surface area contributed by atoms with E-state index in [9.17, 15) is 4.79 Å². The van der Waals surface area contributed by atoms with Crippen molar-refractivity contribution in [3.8, 4) is 0 Å². The van der Waals surface area contributed by atoms with Crippen LogP contribution in [-0.2, 0) is 12.3 Å². The van der Waals surface area contributed by atoms with Gasteiger partial charge in [0.1, 0.15) is 0 Å². The standard InChI is InChI=1S/C23H28Cl2N2OS/c24-21-6-5-7-22(25)20(21)17-29-15-12-26-23(28)19-10-8-18(9-11-19)16-27-13-3-1-2-4-14-27/h5-11H,1-4,12-17H2,(H,26,28). The molecule has 1 amide bonds. The summed E-state index contributed by atoms with van der Waals surface area (Å²) in [6.07, 6.45) is 5.28. The molecule has 2 aromatic carbocycles. The Morgan fingerprint density at radius 1 is 0.966 bits per heavy atom. The zero-order chi connectivity index (χ0) is 20.5. The van der Waals surface area contributed by atoms with Crippen molar-refractivity contribution in [1.29, 1.82) is 0 Å². The SMILES string of the molecule is O=C(NCCSCc1c(Cl)cccc1Cl)c1ccc(CN2CCCCCC2)cc1. The average molecular weight is 451 g/mol. The largest absolute Gasteiger partial charge is 0.351 e. The molecule has 1 aliphatic rings. The molecule has 3 rings (SSSR count). The summed E-state index contributed by atoms with van der Waals surface area (Å²) in [5.41, 5.74) is 2.94. The van der Waals surface area contributed by atoms with E-state index in [1.165, 1.54) is 44.3 Å². The highest BCUT2D eigenvalue weighted by molar-refractivity contribution is 7.98. The van der Waals surface area contributed by atoms with E-state index in [-0.39, 0.29) is 5.91 Å². The van der Waals surface area contributed by atoms with E-state index in [1.807, 2.05) is 30.3 Å². The van der Waals surface area contributed by atoms with Crippen LogP contribution in [0.1, 0.15) is 47.2 Å². The van der Waals surface area contributed by atoms with Gasteiger partial charge in [0.2, 0.25) is 0 Å². The van der Waals surface area contributed by atoms with Crippen LogP contribution in [0.5, 0.6) is 0 Å². The highest BCUT2D eigenvalue weighted by Crippen LogP contribution is 2.28. The van der Waals surface area contributed by atoms with Gasteiger partial charge in [-0.3, -0.25) is 9.69 Å². The molecular weight excluding hydrogens is 423 g/mol. The first-order valence-electron chi connectivity index (χ1n) is 10.2. The number of thioether (sulfide) groups is 1. The third kappa shape index (κ3) is 7.21. The van der Waals surface area contributed by atoms with Gasteiger partial charge in [-0.1, -0.05) is 54.2 Å².